The number of carbonyl (C=O) groups is 1. The first kappa shape index (κ1) is 18.7. The lowest BCUT2D eigenvalue weighted by molar-refractivity contribution is -0.158. The van der Waals surface area contributed by atoms with Crippen molar-refractivity contribution in [3.05, 3.63) is 65.7 Å². The van der Waals surface area contributed by atoms with E-state index in [0.29, 0.717) is 21.3 Å². The zero-order valence-corrected chi connectivity index (χ0v) is 15.9. The lowest BCUT2D eigenvalue weighted by atomic mass is 9.71. The summed E-state index contributed by atoms with van der Waals surface area (Å²) in [5, 5.41) is 0. The SMILES string of the molecule is CN1C(=O)C(C)(CC(F)(F)F)/C(=C(/Br)c2ccccc2)c2ccccc21. The van der Waals surface area contributed by atoms with E-state index in [9.17, 15) is 18.0 Å². The first-order chi connectivity index (χ1) is 12.1. The molecule has 0 bridgehead atoms. The molecule has 136 valence electrons. The molecule has 1 aliphatic heterocycles. The van der Waals surface area contributed by atoms with Crippen LogP contribution in [-0.4, -0.2) is 19.1 Å². The van der Waals surface area contributed by atoms with Crippen molar-refractivity contribution in [3.8, 4) is 0 Å². The van der Waals surface area contributed by atoms with Crippen LogP contribution in [0.1, 0.15) is 24.5 Å². The second kappa shape index (κ2) is 6.58. The highest BCUT2D eigenvalue weighted by Crippen LogP contribution is 2.54. The Bertz CT molecular complexity index is 876. The molecule has 2 aromatic carbocycles. The summed E-state index contributed by atoms with van der Waals surface area (Å²) in [5.41, 5.74) is 0.579. The van der Waals surface area contributed by atoms with Crippen LogP contribution in [-0.2, 0) is 4.79 Å². The first-order valence-corrected chi connectivity index (χ1v) is 8.84. The van der Waals surface area contributed by atoms with Crippen LogP contribution >= 0.6 is 15.9 Å². The van der Waals surface area contributed by atoms with Crippen LogP contribution in [0.5, 0.6) is 0 Å². The van der Waals surface area contributed by atoms with E-state index in [1.807, 2.05) is 6.07 Å². The van der Waals surface area contributed by atoms with E-state index < -0.39 is 23.9 Å². The fraction of sp³-hybridized carbons (Fsp3) is 0.250. The quantitative estimate of drug-likeness (QED) is 0.589. The second-order valence-electron chi connectivity index (χ2n) is 6.56. The Morgan fingerprint density at radius 2 is 1.65 bits per heavy atom. The summed E-state index contributed by atoms with van der Waals surface area (Å²) in [4.78, 5) is 14.3. The summed E-state index contributed by atoms with van der Waals surface area (Å²) in [6, 6.07) is 16.1. The zero-order valence-electron chi connectivity index (χ0n) is 14.3. The lowest BCUT2D eigenvalue weighted by Crippen LogP contribution is -2.47. The summed E-state index contributed by atoms with van der Waals surface area (Å²) in [6.45, 7) is 1.37. The van der Waals surface area contributed by atoms with Gasteiger partial charge >= 0.3 is 6.18 Å². The maximum atomic E-state index is 13.4. The second-order valence-corrected chi connectivity index (χ2v) is 7.35. The molecule has 1 atom stereocenters. The topological polar surface area (TPSA) is 20.3 Å². The van der Waals surface area contributed by atoms with E-state index >= 15 is 0 Å². The highest BCUT2D eigenvalue weighted by molar-refractivity contribution is 9.15. The molecule has 0 fully saturated rings. The molecule has 1 unspecified atom stereocenters. The molecule has 1 heterocycles. The van der Waals surface area contributed by atoms with Crippen molar-refractivity contribution in [2.24, 2.45) is 5.41 Å². The summed E-state index contributed by atoms with van der Waals surface area (Å²) in [5.74, 6) is -0.573. The predicted molar refractivity (Wildman–Crippen MR) is 101 cm³/mol. The van der Waals surface area contributed by atoms with Gasteiger partial charge in [0.25, 0.3) is 0 Å². The molecule has 0 aromatic heterocycles. The van der Waals surface area contributed by atoms with Crippen molar-refractivity contribution in [1.29, 1.82) is 0 Å². The van der Waals surface area contributed by atoms with Crippen molar-refractivity contribution >= 4 is 37.6 Å². The predicted octanol–water partition coefficient (Wildman–Crippen LogP) is 5.88. The highest BCUT2D eigenvalue weighted by Gasteiger charge is 2.52. The molecule has 26 heavy (non-hydrogen) atoms. The third-order valence-corrected chi connectivity index (χ3v) is 5.52. The Kier molecular flexibility index (Phi) is 4.73. The highest BCUT2D eigenvalue weighted by atomic mass is 79.9. The number of alkyl halides is 3. The van der Waals surface area contributed by atoms with Gasteiger partial charge in [0.15, 0.2) is 0 Å². The Hall–Kier alpha value is -2.08. The number of amides is 1. The fourth-order valence-corrected chi connectivity index (χ4v) is 4.43. The molecule has 0 N–H and O–H groups in total. The Morgan fingerprint density at radius 3 is 2.27 bits per heavy atom. The molecule has 6 heteroatoms. The normalized spacial score (nSPS) is 22.2. The number of hydrogen-bond acceptors (Lipinski definition) is 1. The van der Waals surface area contributed by atoms with E-state index in [1.165, 1.54) is 18.9 Å². The van der Waals surface area contributed by atoms with Crippen molar-refractivity contribution in [2.45, 2.75) is 19.5 Å². The number of hydrogen-bond donors (Lipinski definition) is 0. The van der Waals surface area contributed by atoms with Gasteiger partial charge in [-0.15, -0.1) is 0 Å². The number of anilines is 1. The molecule has 1 amide bonds. The van der Waals surface area contributed by atoms with Gasteiger partial charge in [-0.25, -0.2) is 0 Å². The molecule has 0 aliphatic carbocycles. The molecule has 3 rings (SSSR count). The van der Waals surface area contributed by atoms with Gasteiger partial charge < -0.3 is 4.90 Å². The number of nitrogens with zero attached hydrogens (tertiary/aromatic N) is 1. The third kappa shape index (κ3) is 3.18. The molecule has 0 spiro atoms. The van der Waals surface area contributed by atoms with Gasteiger partial charge in [-0.05, 0) is 40.1 Å². The van der Waals surface area contributed by atoms with E-state index in [0.717, 1.165) is 5.56 Å². The van der Waals surface area contributed by atoms with E-state index in [2.05, 4.69) is 15.9 Å². The number of carbonyl (C=O) groups excluding carboxylic acids is 1. The zero-order chi connectivity index (χ0) is 19.1. The molecule has 2 aromatic rings. The van der Waals surface area contributed by atoms with Crippen LogP contribution in [0.25, 0.3) is 10.1 Å². The van der Waals surface area contributed by atoms with Crippen LogP contribution in [0.15, 0.2) is 54.6 Å². The fourth-order valence-electron chi connectivity index (χ4n) is 3.52. The Balaban J connectivity index is 2.34. The van der Waals surface area contributed by atoms with Crippen LogP contribution in [0.3, 0.4) is 0 Å². The molecular weight excluding hydrogens is 407 g/mol. The van der Waals surface area contributed by atoms with Gasteiger partial charge in [-0.3, -0.25) is 4.79 Å². The van der Waals surface area contributed by atoms with Gasteiger partial charge in [0.1, 0.15) is 0 Å². The van der Waals surface area contributed by atoms with Gasteiger partial charge in [-0.1, -0.05) is 48.5 Å². The summed E-state index contributed by atoms with van der Waals surface area (Å²) in [7, 11) is 1.52. The van der Waals surface area contributed by atoms with Crippen LogP contribution in [0.2, 0.25) is 0 Å². The molecular formula is C20H17BrF3NO. The summed E-state index contributed by atoms with van der Waals surface area (Å²) in [6.07, 6.45) is -5.71. The molecule has 2 nitrogen and oxygen atoms in total. The average molecular weight is 424 g/mol. The largest absolute Gasteiger partial charge is 0.390 e. The minimum atomic E-state index is -4.48. The monoisotopic (exact) mass is 423 g/mol. The van der Waals surface area contributed by atoms with Crippen LogP contribution in [0.4, 0.5) is 18.9 Å². The standard InChI is InChI=1S/C20H17BrF3NO/c1-19(12-20(22,23)24)16(17(21)13-8-4-3-5-9-13)14-10-6-7-11-15(14)25(2)18(19)26/h3-11H,12H2,1-2H3/b17-16+. The van der Waals surface area contributed by atoms with Crippen molar-refractivity contribution in [1.82, 2.24) is 0 Å². The molecule has 0 saturated carbocycles. The Morgan fingerprint density at radius 1 is 1.08 bits per heavy atom. The molecule has 0 radical (unpaired) electrons. The Labute approximate surface area is 158 Å². The number of rotatable bonds is 2. The third-order valence-electron chi connectivity index (χ3n) is 4.66. The van der Waals surface area contributed by atoms with E-state index in [1.54, 1.807) is 48.5 Å². The summed E-state index contributed by atoms with van der Waals surface area (Å²) >= 11 is 3.49. The maximum absolute atomic E-state index is 13.4. The van der Waals surface area contributed by atoms with Gasteiger partial charge in [0.05, 0.1) is 17.5 Å². The minimum absolute atomic E-state index is 0.361. The van der Waals surface area contributed by atoms with E-state index in [-0.39, 0.29) is 0 Å². The van der Waals surface area contributed by atoms with Crippen molar-refractivity contribution in [3.63, 3.8) is 0 Å². The number of halogens is 4. The van der Waals surface area contributed by atoms with E-state index in [4.69, 9.17) is 0 Å². The van der Waals surface area contributed by atoms with Crippen molar-refractivity contribution < 1.29 is 18.0 Å². The molecule has 0 saturated heterocycles. The van der Waals surface area contributed by atoms with Crippen LogP contribution in [0, 0.1) is 5.41 Å². The number of fused-ring (bicyclic) bond motifs is 1. The van der Waals surface area contributed by atoms with Gasteiger partial charge in [0.2, 0.25) is 5.91 Å². The van der Waals surface area contributed by atoms with Crippen LogP contribution < -0.4 is 4.90 Å². The first-order valence-electron chi connectivity index (χ1n) is 8.05. The lowest BCUT2D eigenvalue weighted by Gasteiger charge is -2.42. The minimum Gasteiger partial charge on any atom is -0.314 e. The number of benzene rings is 2. The van der Waals surface area contributed by atoms with Gasteiger partial charge in [-0.2, -0.15) is 13.2 Å². The molecule has 1 aliphatic rings. The van der Waals surface area contributed by atoms with Crippen molar-refractivity contribution in [2.75, 3.05) is 11.9 Å². The smallest absolute Gasteiger partial charge is 0.314 e. The number of para-hydroxylation sites is 1. The van der Waals surface area contributed by atoms with Gasteiger partial charge in [0, 0.05) is 17.1 Å². The maximum Gasteiger partial charge on any atom is 0.390 e. The summed E-state index contributed by atoms with van der Waals surface area (Å²) < 4.78 is 40.7. The average Bonchev–Trinajstić information content (AvgIpc) is 2.59.